The maximum Gasteiger partial charge on any atom is 0.0847 e. The Balaban J connectivity index is 2.49. The predicted molar refractivity (Wildman–Crippen MR) is 87.6 cm³/mol. The lowest BCUT2D eigenvalue weighted by atomic mass is 10.0. The van der Waals surface area contributed by atoms with Crippen molar-refractivity contribution in [3.8, 4) is 0 Å². The molecule has 4 heteroatoms. The van der Waals surface area contributed by atoms with E-state index in [9.17, 15) is 0 Å². The number of hydrogen-bond donors (Lipinski definition) is 1. The maximum atomic E-state index is 6.35. The standard InChI is InChI=1S/C16H30ClN3/c1-5-9-14(18-12-6-2)10-8-11-15-16(17)13(4)19-20(15)7-3/h14,18H,5-12H2,1-4H3. The van der Waals surface area contributed by atoms with Gasteiger partial charge in [0.2, 0.25) is 0 Å². The first-order chi connectivity index (χ1) is 9.63. The van der Waals surface area contributed by atoms with Crippen LogP contribution in [0.15, 0.2) is 0 Å². The monoisotopic (exact) mass is 299 g/mol. The van der Waals surface area contributed by atoms with Crippen LogP contribution in [0.5, 0.6) is 0 Å². The minimum atomic E-state index is 0.651. The van der Waals surface area contributed by atoms with Crippen LogP contribution in [-0.4, -0.2) is 22.4 Å². The van der Waals surface area contributed by atoms with Gasteiger partial charge in [-0.05, 0) is 52.5 Å². The summed E-state index contributed by atoms with van der Waals surface area (Å²) in [5.41, 5.74) is 2.16. The van der Waals surface area contributed by atoms with Crippen molar-refractivity contribution in [3.63, 3.8) is 0 Å². The van der Waals surface area contributed by atoms with Crippen molar-refractivity contribution in [2.75, 3.05) is 6.54 Å². The SMILES string of the molecule is CCCNC(CCC)CCCc1c(Cl)c(C)nn1CC. The van der Waals surface area contributed by atoms with Gasteiger partial charge < -0.3 is 5.32 Å². The van der Waals surface area contributed by atoms with Gasteiger partial charge in [-0.15, -0.1) is 0 Å². The average molecular weight is 300 g/mol. The van der Waals surface area contributed by atoms with Gasteiger partial charge in [-0.1, -0.05) is 31.9 Å². The fraction of sp³-hybridized carbons (Fsp3) is 0.812. The molecular formula is C16H30ClN3. The highest BCUT2D eigenvalue weighted by Gasteiger charge is 2.13. The lowest BCUT2D eigenvalue weighted by molar-refractivity contribution is 0.434. The number of rotatable bonds is 10. The molecule has 0 bridgehead atoms. The van der Waals surface area contributed by atoms with Crippen LogP contribution in [0.4, 0.5) is 0 Å². The van der Waals surface area contributed by atoms with Gasteiger partial charge in [0.05, 0.1) is 16.4 Å². The second-order valence-corrected chi connectivity index (χ2v) is 5.87. The zero-order chi connectivity index (χ0) is 15.0. The number of halogens is 1. The van der Waals surface area contributed by atoms with Gasteiger partial charge in [0.15, 0.2) is 0 Å². The van der Waals surface area contributed by atoms with Crippen molar-refractivity contribution in [2.24, 2.45) is 0 Å². The average Bonchev–Trinajstić information content (AvgIpc) is 2.72. The van der Waals surface area contributed by atoms with Crippen molar-refractivity contribution >= 4 is 11.6 Å². The Hall–Kier alpha value is -0.540. The molecule has 1 N–H and O–H groups in total. The minimum absolute atomic E-state index is 0.651. The van der Waals surface area contributed by atoms with Crippen LogP contribution in [0.25, 0.3) is 0 Å². The van der Waals surface area contributed by atoms with Crippen molar-refractivity contribution in [3.05, 3.63) is 16.4 Å². The van der Waals surface area contributed by atoms with Crippen LogP contribution in [0.2, 0.25) is 5.02 Å². The van der Waals surface area contributed by atoms with Gasteiger partial charge in [-0.2, -0.15) is 5.10 Å². The first-order valence-electron chi connectivity index (χ1n) is 8.09. The third kappa shape index (κ3) is 5.10. The van der Waals surface area contributed by atoms with E-state index in [0.29, 0.717) is 6.04 Å². The van der Waals surface area contributed by atoms with Crippen molar-refractivity contribution in [1.82, 2.24) is 15.1 Å². The molecule has 0 aromatic carbocycles. The van der Waals surface area contributed by atoms with E-state index in [1.54, 1.807) is 0 Å². The van der Waals surface area contributed by atoms with Gasteiger partial charge in [-0.3, -0.25) is 4.68 Å². The Morgan fingerprint density at radius 2 is 1.95 bits per heavy atom. The highest BCUT2D eigenvalue weighted by atomic mass is 35.5. The number of nitrogens with one attached hydrogen (secondary N) is 1. The minimum Gasteiger partial charge on any atom is -0.314 e. The van der Waals surface area contributed by atoms with Gasteiger partial charge in [0.25, 0.3) is 0 Å². The second-order valence-electron chi connectivity index (χ2n) is 5.49. The van der Waals surface area contributed by atoms with E-state index in [-0.39, 0.29) is 0 Å². The van der Waals surface area contributed by atoms with Gasteiger partial charge in [-0.25, -0.2) is 0 Å². The first kappa shape index (κ1) is 17.5. The van der Waals surface area contributed by atoms with E-state index in [1.807, 2.05) is 11.6 Å². The fourth-order valence-corrected chi connectivity index (χ4v) is 2.90. The molecule has 0 saturated carbocycles. The summed E-state index contributed by atoms with van der Waals surface area (Å²) >= 11 is 6.35. The summed E-state index contributed by atoms with van der Waals surface area (Å²) in [6, 6.07) is 0.651. The van der Waals surface area contributed by atoms with Crippen LogP contribution in [0, 0.1) is 6.92 Å². The van der Waals surface area contributed by atoms with Crippen molar-refractivity contribution in [2.45, 2.75) is 78.8 Å². The Morgan fingerprint density at radius 3 is 2.55 bits per heavy atom. The molecule has 0 radical (unpaired) electrons. The Labute approximate surface area is 129 Å². The zero-order valence-electron chi connectivity index (χ0n) is 13.5. The summed E-state index contributed by atoms with van der Waals surface area (Å²) in [7, 11) is 0. The van der Waals surface area contributed by atoms with E-state index >= 15 is 0 Å². The predicted octanol–water partition coefficient (Wildman–Crippen LogP) is 4.36. The molecule has 1 aromatic rings. The molecule has 1 atom stereocenters. The molecule has 0 aliphatic carbocycles. The molecule has 1 aromatic heterocycles. The van der Waals surface area contributed by atoms with Crippen molar-refractivity contribution in [1.29, 1.82) is 0 Å². The van der Waals surface area contributed by atoms with E-state index in [0.717, 1.165) is 30.2 Å². The summed E-state index contributed by atoms with van der Waals surface area (Å²) in [6.45, 7) is 10.6. The normalized spacial score (nSPS) is 12.8. The molecular weight excluding hydrogens is 270 g/mol. The van der Waals surface area contributed by atoms with E-state index in [1.165, 1.54) is 37.8 Å². The Morgan fingerprint density at radius 1 is 1.20 bits per heavy atom. The maximum absolute atomic E-state index is 6.35. The summed E-state index contributed by atoms with van der Waals surface area (Å²) in [6.07, 6.45) is 7.13. The molecule has 0 aliphatic rings. The molecule has 1 unspecified atom stereocenters. The second kappa shape index (κ2) is 9.41. The summed E-state index contributed by atoms with van der Waals surface area (Å²) in [5.74, 6) is 0. The summed E-state index contributed by atoms with van der Waals surface area (Å²) in [4.78, 5) is 0. The molecule has 3 nitrogen and oxygen atoms in total. The van der Waals surface area contributed by atoms with Crippen LogP contribution in [0.1, 0.15) is 64.3 Å². The largest absolute Gasteiger partial charge is 0.314 e. The lowest BCUT2D eigenvalue weighted by Gasteiger charge is -2.17. The third-order valence-corrected chi connectivity index (χ3v) is 4.23. The summed E-state index contributed by atoms with van der Waals surface area (Å²) in [5, 5.41) is 8.99. The van der Waals surface area contributed by atoms with Crippen LogP contribution in [0.3, 0.4) is 0 Å². The van der Waals surface area contributed by atoms with Crippen LogP contribution < -0.4 is 5.32 Å². The van der Waals surface area contributed by atoms with Crippen molar-refractivity contribution < 1.29 is 0 Å². The van der Waals surface area contributed by atoms with Gasteiger partial charge in [0, 0.05) is 12.6 Å². The smallest absolute Gasteiger partial charge is 0.0847 e. The van der Waals surface area contributed by atoms with E-state index in [2.05, 4.69) is 31.2 Å². The third-order valence-electron chi connectivity index (χ3n) is 3.74. The highest BCUT2D eigenvalue weighted by molar-refractivity contribution is 6.31. The summed E-state index contributed by atoms with van der Waals surface area (Å²) < 4.78 is 2.05. The number of hydrogen-bond acceptors (Lipinski definition) is 2. The molecule has 1 heterocycles. The van der Waals surface area contributed by atoms with E-state index in [4.69, 9.17) is 11.6 Å². The Kier molecular flexibility index (Phi) is 8.24. The number of aromatic nitrogens is 2. The number of nitrogens with zero attached hydrogens (tertiary/aromatic N) is 2. The molecule has 20 heavy (non-hydrogen) atoms. The quantitative estimate of drug-likeness (QED) is 0.696. The Bertz CT molecular complexity index is 387. The molecule has 0 saturated heterocycles. The highest BCUT2D eigenvalue weighted by Crippen LogP contribution is 2.22. The molecule has 0 aliphatic heterocycles. The van der Waals surface area contributed by atoms with Gasteiger partial charge in [0.1, 0.15) is 0 Å². The molecule has 0 fully saturated rings. The van der Waals surface area contributed by atoms with Crippen LogP contribution in [-0.2, 0) is 13.0 Å². The number of aryl methyl sites for hydroxylation is 2. The molecule has 0 amide bonds. The van der Waals surface area contributed by atoms with E-state index < -0.39 is 0 Å². The topological polar surface area (TPSA) is 29.9 Å². The molecule has 1 rings (SSSR count). The van der Waals surface area contributed by atoms with Gasteiger partial charge >= 0.3 is 0 Å². The lowest BCUT2D eigenvalue weighted by Crippen LogP contribution is -2.29. The first-order valence-corrected chi connectivity index (χ1v) is 8.46. The van der Waals surface area contributed by atoms with Crippen LogP contribution >= 0.6 is 11.6 Å². The fourth-order valence-electron chi connectivity index (χ4n) is 2.67. The zero-order valence-corrected chi connectivity index (χ0v) is 14.3. The molecule has 0 spiro atoms. The molecule has 116 valence electrons.